The molecule has 84 valence electrons. The Hall–Kier alpha value is -1.91. The molecule has 1 N–H and O–H groups in total. The van der Waals surface area contributed by atoms with Crippen molar-refractivity contribution in [2.24, 2.45) is 0 Å². The summed E-state index contributed by atoms with van der Waals surface area (Å²) >= 11 is 0. The van der Waals surface area contributed by atoms with Gasteiger partial charge >= 0.3 is 0 Å². The first kappa shape index (κ1) is 10.6. The molecule has 2 aromatic rings. The minimum atomic E-state index is 0.232. The number of nitrogens with zero attached hydrogens (tertiary/aromatic N) is 3. The van der Waals surface area contributed by atoms with E-state index in [1.54, 1.807) is 0 Å². The predicted octanol–water partition coefficient (Wildman–Crippen LogP) is 2.04. The largest absolute Gasteiger partial charge is 0.491 e. The molecule has 16 heavy (non-hydrogen) atoms. The van der Waals surface area contributed by atoms with E-state index in [-0.39, 0.29) is 6.10 Å². The molecular formula is C11H14N4O. The molecule has 0 bridgehead atoms. The van der Waals surface area contributed by atoms with E-state index in [1.807, 2.05) is 31.2 Å². The van der Waals surface area contributed by atoms with Crippen molar-refractivity contribution in [1.29, 1.82) is 0 Å². The van der Waals surface area contributed by atoms with E-state index >= 15 is 0 Å². The average Bonchev–Trinajstić information content (AvgIpc) is 2.83. The van der Waals surface area contributed by atoms with E-state index in [2.05, 4.69) is 27.5 Å². The van der Waals surface area contributed by atoms with Crippen molar-refractivity contribution in [2.75, 3.05) is 0 Å². The average molecular weight is 218 g/mol. The molecule has 0 amide bonds. The van der Waals surface area contributed by atoms with Crippen molar-refractivity contribution in [3.8, 4) is 17.1 Å². The van der Waals surface area contributed by atoms with E-state index in [0.717, 1.165) is 17.7 Å². The van der Waals surface area contributed by atoms with Crippen molar-refractivity contribution in [2.45, 2.75) is 26.4 Å². The van der Waals surface area contributed by atoms with Crippen LogP contribution in [0.3, 0.4) is 0 Å². The highest BCUT2D eigenvalue weighted by atomic mass is 16.5. The number of H-pyrrole nitrogens is 1. The van der Waals surface area contributed by atoms with Crippen molar-refractivity contribution in [1.82, 2.24) is 20.6 Å². The summed E-state index contributed by atoms with van der Waals surface area (Å²) in [5.41, 5.74) is 0.922. The normalized spacial score (nSPS) is 12.4. The minimum absolute atomic E-state index is 0.232. The standard InChI is InChI=1S/C11H14N4O/c1-3-8(2)16-10-6-4-9(5-7-10)11-12-14-15-13-11/h4-8H,3H2,1-2H3,(H,12,13,14,15)/t8-/m0/s1. The number of nitrogens with one attached hydrogen (secondary N) is 1. The Kier molecular flexibility index (Phi) is 3.14. The van der Waals surface area contributed by atoms with Gasteiger partial charge in [-0.05, 0) is 42.8 Å². The number of rotatable bonds is 4. The quantitative estimate of drug-likeness (QED) is 0.853. The lowest BCUT2D eigenvalue weighted by molar-refractivity contribution is 0.217. The zero-order valence-electron chi connectivity index (χ0n) is 9.34. The SMILES string of the molecule is CC[C@H](C)Oc1ccc(-c2nn[nH]n2)cc1. The molecule has 1 atom stereocenters. The second-order valence-electron chi connectivity index (χ2n) is 3.60. The summed E-state index contributed by atoms with van der Waals surface area (Å²) in [7, 11) is 0. The van der Waals surface area contributed by atoms with Gasteiger partial charge < -0.3 is 4.74 Å². The van der Waals surface area contributed by atoms with Gasteiger partial charge in [-0.15, -0.1) is 10.2 Å². The van der Waals surface area contributed by atoms with Gasteiger partial charge in [0.1, 0.15) is 5.75 Å². The number of benzene rings is 1. The van der Waals surface area contributed by atoms with Crippen molar-refractivity contribution in [3.63, 3.8) is 0 Å². The molecule has 0 spiro atoms. The lowest BCUT2D eigenvalue weighted by atomic mass is 10.2. The Balaban J connectivity index is 2.11. The first-order valence-electron chi connectivity index (χ1n) is 5.30. The fraction of sp³-hybridized carbons (Fsp3) is 0.364. The lowest BCUT2D eigenvalue weighted by Crippen LogP contribution is -2.09. The molecule has 1 heterocycles. The summed E-state index contributed by atoms with van der Waals surface area (Å²) in [4.78, 5) is 0. The summed E-state index contributed by atoms with van der Waals surface area (Å²) in [5.74, 6) is 1.46. The van der Waals surface area contributed by atoms with E-state index in [9.17, 15) is 0 Å². The molecular weight excluding hydrogens is 204 g/mol. The minimum Gasteiger partial charge on any atom is -0.491 e. The summed E-state index contributed by atoms with van der Waals surface area (Å²) in [6.07, 6.45) is 1.23. The zero-order valence-corrected chi connectivity index (χ0v) is 9.34. The van der Waals surface area contributed by atoms with Crippen molar-refractivity contribution in [3.05, 3.63) is 24.3 Å². The number of tetrazole rings is 1. The molecule has 2 rings (SSSR count). The molecule has 5 heteroatoms. The van der Waals surface area contributed by atoms with Crippen LogP contribution in [0.15, 0.2) is 24.3 Å². The highest BCUT2D eigenvalue weighted by Gasteiger charge is 2.04. The van der Waals surface area contributed by atoms with Gasteiger partial charge in [0.05, 0.1) is 6.10 Å². The second-order valence-corrected chi connectivity index (χ2v) is 3.60. The van der Waals surface area contributed by atoms with Crippen LogP contribution in [-0.2, 0) is 0 Å². The molecule has 0 aliphatic rings. The van der Waals surface area contributed by atoms with Crippen LogP contribution in [0.1, 0.15) is 20.3 Å². The Bertz CT molecular complexity index is 424. The highest BCUT2D eigenvalue weighted by molar-refractivity contribution is 5.54. The van der Waals surface area contributed by atoms with E-state index < -0.39 is 0 Å². The van der Waals surface area contributed by atoms with Crippen LogP contribution in [0.25, 0.3) is 11.4 Å². The summed E-state index contributed by atoms with van der Waals surface area (Å²) in [5, 5.41) is 13.7. The maximum absolute atomic E-state index is 5.67. The highest BCUT2D eigenvalue weighted by Crippen LogP contribution is 2.19. The van der Waals surface area contributed by atoms with Crippen molar-refractivity contribution < 1.29 is 4.74 Å². The molecule has 0 saturated carbocycles. The molecule has 0 aliphatic heterocycles. The topological polar surface area (TPSA) is 63.7 Å². The third-order valence-electron chi connectivity index (χ3n) is 2.37. The van der Waals surface area contributed by atoms with Crippen LogP contribution in [0.5, 0.6) is 5.75 Å². The van der Waals surface area contributed by atoms with Gasteiger partial charge in [0.15, 0.2) is 0 Å². The van der Waals surface area contributed by atoms with Crippen LogP contribution >= 0.6 is 0 Å². The molecule has 0 unspecified atom stereocenters. The molecule has 5 nitrogen and oxygen atoms in total. The molecule has 1 aromatic carbocycles. The molecule has 0 radical (unpaired) electrons. The Morgan fingerprint density at radius 2 is 2.06 bits per heavy atom. The van der Waals surface area contributed by atoms with Gasteiger partial charge in [0, 0.05) is 5.56 Å². The maximum Gasteiger partial charge on any atom is 0.204 e. The first-order valence-corrected chi connectivity index (χ1v) is 5.30. The van der Waals surface area contributed by atoms with Crippen molar-refractivity contribution >= 4 is 0 Å². The number of aromatic nitrogens is 4. The Labute approximate surface area is 93.8 Å². The molecule has 0 aliphatic carbocycles. The van der Waals surface area contributed by atoms with E-state index in [0.29, 0.717) is 5.82 Å². The number of hydrogen-bond acceptors (Lipinski definition) is 4. The Morgan fingerprint density at radius 1 is 1.31 bits per heavy atom. The number of aromatic amines is 1. The summed E-state index contributed by atoms with van der Waals surface area (Å²) in [6.45, 7) is 4.14. The monoisotopic (exact) mass is 218 g/mol. The van der Waals surface area contributed by atoms with Gasteiger partial charge in [-0.2, -0.15) is 5.21 Å². The van der Waals surface area contributed by atoms with Gasteiger partial charge in [0.25, 0.3) is 0 Å². The maximum atomic E-state index is 5.67. The van der Waals surface area contributed by atoms with Gasteiger partial charge in [-0.3, -0.25) is 0 Å². The summed E-state index contributed by atoms with van der Waals surface area (Å²) in [6, 6.07) is 7.67. The number of hydrogen-bond donors (Lipinski definition) is 1. The predicted molar refractivity (Wildman–Crippen MR) is 60.0 cm³/mol. The van der Waals surface area contributed by atoms with Crippen LogP contribution in [0, 0.1) is 0 Å². The van der Waals surface area contributed by atoms with Gasteiger partial charge in [-0.25, -0.2) is 0 Å². The molecule has 0 saturated heterocycles. The Morgan fingerprint density at radius 3 is 2.62 bits per heavy atom. The van der Waals surface area contributed by atoms with Gasteiger partial charge in [0.2, 0.25) is 5.82 Å². The van der Waals surface area contributed by atoms with Crippen LogP contribution in [-0.4, -0.2) is 26.7 Å². The second kappa shape index (κ2) is 4.74. The lowest BCUT2D eigenvalue weighted by Gasteiger charge is -2.12. The zero-order chi connectivity index (χ0) is 11.4. The van der Waals surface area contributed by atoms with Crippen LogP contribution < -0.4 is 4.74 Å². The van der Waals surface area contributed by atoms with Crippen LogP contribution in [0.2, 0.25) is 0 Å². The molecule has 1 aromatic heterocycles. The summed E-state index contributed by atoms with van der Waals surface area (Å²) < 4.78 is 5.67. The van der Waals surface area contributed by atoms with Gasteiger partial charge in [-0.1, -0.05) is 6.92 Å². The number of ether oxygens (including phenoxy) is 1. The van der Waals surface area contributed by atoms with E-state index in [1.165, 1.54) is 0 Å². The third-order valence-corrected chi connectivity index (χ3v) is 2.37. The fourth-order valence-electron chi connectivity index (χ4n) is 1.28. The van der Waals surface area contributed by atoms with E-state index in [4.69, 9.17) is 4.74 Å². The first-order chi connectivity index (χ1) is 7.79. The third kappa shape index (κ3) is 2.36. The molecule has 0 fully saturated rings. The fourth-order valence-corrected chi connectivity index (χ4v) is 1.28. The smallest absolute Gasteiger partial charge is 0.204 e. The van der Waals surface area contributed by atoms with Crippen LogP contribution in [0.4, 0.5) is 0 Å².